The van der Waals surface area contributed by atoms with Crippen molar-refractivity contribution in [1.82, 2.24) is 0 Å². The molecule has 0 N–H and O–H groups in total. The summed E-state index contributed by atoms with van der Waals surface area (Å²) in [6, 6.07) is 3.67. The fourth-order valence-electron chi connectivity index (χ4n) is 1.56. The molecule has 0 saturated heterocycles. The first kappa shape index (κ1) is 18.6. The minimum absolute atomic E-state index is 0.315. The van der Waals surface area contributed by atoms with E-state index >= 15 is 0 Å². The lowest BCUT2D eigenvalue weighted by atomic mass is 10.2. The summed E-state index contributed by atoms with van der Waals surface area (Å²) in [6.07, 6.45) is 0. The van der Waals surface area contributed by atoms with Crippen LogP contribution in [0, 0.1) is 29.1 Å². The molecule has 2 aromatic rings. The van der Waals surface area contributed by atoms with Gasteiger partial charge in [-0.15, -0.1) is 0 Å². The number of benzene rings is 2. The van der Waals surface area contributed by atoms with Crippen molar-refractivity contribution in [2.24, 2.45) is 0 Å². The maximum atomic E-state index is 13.5. The minimum Gasteiger partial charge on any atom is -0.451 e. The van der Waals surface area contributed by atoms with Crippen molar-refractivity contribution in [2.75, 3.05) is 0 Å². The molecule has 25 heavy (non-hydrogen) atoms. The Kier molecular flexibility index (Phi) is 4.91. The van der Waals surface area contributed by atoms with Gasteiger partial charge in [0, 0.05) is 6.92 Å². The van der Waals surface area contributed by atoms with Crippen molar-refractivity contribution in [3.05, 3.63) is 53.4 Å². The van der Waals surface area contributed by atoms with Gasteiger partial charge in [0.15, 0.2) is 0 Å². The summed E-state index contributed by atoms with van der Waals surface area (Å²) >= 11 is 0. The highest BCUT2D eigenvalue weighted by atomic mass is 19.3. The first-order chi connectivity index (χ1) is 11.5. The summed E-state index contributed by atoms with van der Waals surface area (Å²) in [5.41, 5.74) is 0. The summed E-state index contributed by atoms with van der Waals surface area (Å²) in [5, 5.41) is 0. The highest BCUT2D eigenvalue weighted by Crippen LogP contribution is 2.33. The van der Waals surface area contributed by atoms with Crippen LogP contribution in [0.2, 0.25) is 0 Å². The fourth-order valence-corrected chi connectivity index (χ4v) is 1.56. The van der Waals surface area contributed by atoms with Crippen molar-refractivity contribution in [2.45, 2.75) is 12.8 Å². The van der Waals surface area contributed by atoms with Gasteiger partial charge in [0.1, 0.15) is 11.5 Å². The zero-order valence-electron chi connectivity index (χ0n) is 12.2. The molecule has 3 nitrogen and oxygen atoms in total. The third-order valence-corrected chi connectivity index (χ3v) is 2.78. The lowest BCUT2D eigenvalue weighted by molar-refractivity contribution is -0.158. The Labute approximate surface area is 135 Å². The summed E-state index contributed by atoms with van der Waals surface area (Å²) in [5.74, 6) is -19.0. The average Bonchev–Trinajstić information content (AvgIpc) is 2.55. The number of ether oxygens (including phenoxy) is 2. The second kappa shape index (κ2) is 6.61. The van der Waals surface area contributed by atoms with E-state index < -0.39 is 52.5 Å². The Bertz CT molecular complexity index is 784. The molecule has 0 unspecified atom stereocenters. The summed E-state index contributed by atoms with van der Waals surface area (Å²) in [4.78, 5) is 11.0. The van der Waals surface area contributed by atoms with Gasteiger partial charge >= 0.3 is 11.9 Å². The van der Waals surface area contributed by atoms with Crippen LogP contribution in [0.5, 0.6) is 17.2 Å². The van der Waals surface area contributed by atoms with E-state index in [9.17, 15) is 35.5 Å². The Balaban J connectivity index is 2.24. The SMILES string of the molecule is CC(F)(F)C(=O)Oc1ccc(Oc2c(F)c(F)c(F)c(F)c2F)cc1. The van der Waals surface area contributed by atoms with Gasteiger partial charge in [-0.05, 0) is 24.3 Å². The largest absolute Gasteiger partial charge is 0.451 e. The number of carbonyl (C=O) groups is 1. The molecule has 0 radical (unpaired) electrons. The van der Waals surface area contributed by atoms with E-state index in [4.69, 9.17) is 0 Å². The molecule has 0 aliphatic carbocycles. The molecule has 0 saturated carbocycles. The van der Waals surface area contributed by atoms with Gasteiger partial charge in [-0.3, -0.25) is 0 Å². The number of carbonyl (C=O) groups excluding carboxylic acids is 1. The van der Waals surface area contributed by atoms with Crippen molar-refractivity contribution in [1.29, 1.82) is 0 Å². The average molecular weight is 368 g/mol. The molecule has 0 fully saturated rings. The summed E-state index contributed by atoms with van der Waals surface area (Å²) in [7, 11) is 0. The molecule has 0 bridgehead atoms. The molecule has 0 aromatic heterocycles. The van der Waals surface area contributed by atoms with Gasteiger partial charge in [-0.1, -0.05) is 0 Å². The van der Waals surface area contributed by atoms with Gasteiger partial charge in [0.25, 0.3) is 0 Å². The Hall–Kier alpha value is -2.78. The predicted octanol–water partition coefficient (Wildman–Crippen LogP) is 4.74. The molecule has 0 aliphatic rings. The van der Waals surface area contributed by atoms with Crippen molar-refractivity contribution < 1.29 is 45.0 Å². The normalized spacial score (nSPS) is 11.4. The Morgan fingerprint density at radius 3 is 1.64 bits per heavy atom. The number of rotatable bonds is 4. The van der Waals surface area contributed by atoms with Crippen LogP contribution in [-0.4, -0.2) is 11.9 Å². The van der Waals surface area contributed by atoms with E-state index in [1.165, 1.54) is 0 Å². The zero-order chi connectivity index (χ0) is 18.9. The Morgan fingerprint density at radius 2 is 1.20 bits per heavy atom. The van der Waals surface area contributed by atoms with Crippen LogP contribution in [-0.2, 0) is 4.79 Å². The van der Waals surface area contributed by atoms with Gasteiger partial charge in [0.05, 0.1) is 0 Å². The lowest BCUT2D eigenvalue weighted by Crippen LogP contribution is -2.29. The molecule has 0 heterocycles. The lowest BCUT2D eigenvalue weighted by Gasteiger charge is -2.11. The smallest absolute Gasteiger partial charge is 0.382 e. The minimum atomic E-state index is -3.75. The zero-order valence-corrected chi connectivity index (χ0v) is 12.2. The van der Waals surface area contributed by atoms with Gasteiger partial charge in [-0.2, -0.15) is 17.6 Å². The second-order valence-electron chi connectivity index (χ2n) is 4.75. The number of hydrogen-bond acceptors (Lipinski definition) is 3. The molecule has 2 rings (SSSR count). The van der Waals surface area contributed by atoms with Gasteiger partial charge < -0.3 is 9.47 Å². The third kappa shape index (κ3) is 3.83. The number of hydrogen-bond donors (Lipinski definition) is 0. The molecule has 10 heteroatoms. The van der Waals surface area contributed by atoms with Crippen molar-refractivity contribution in [3.63, 3.8) is 0 Å². The van der Waals surface area contributed by atoms with Crippen LogP contribution < -0.4 is 9.47 Å². The van der Waals surface area contributed by atoms with E-state index in [0.717, 1.165) is 24.3 Å². The van der Waals surface area contributed by atoms with E-state index in [1.807, 2.05) is 0 Å². The predicted molar refractivity (Wildman–Crippen MR) is 69.0 cm³/mol. The molecule has 0 atom stereocenters. The number of alkyl halides is 2. The summed E-state index contributed by atoms with van der Waals surface area (Å²) < 4.78 is 100. The van der Waals surface area contributed by atoms with E-state index in [1.54, 1.807) is 0 Å². The maximum absolute atomic E-state index is 13.5. The first-order valence-corrected chi connectivity index (χ1v) is 6.41. The highest BCUT2D eigenvalue weighted by Gasteiger charge is 2.34. The topological polar surface area (TPSA) is 35.5 Å². The second-order valence-corrected chi connectivity index (χ2v) is 4.75. The monoisotopic (exact) mass is 368 g/mol. The van der Waals surface area contributed by atoms with Crippen LogP contribution in [0.3, 0.4) is 0 Å². The molecule has 2 aromatic carbocycles. The molecule has 0 spiro atoms. The molecule has 134 valence electrons. The van der Waals surface area contributed by atoms with Crippen molar-refractivity contribution in [3.8, 4) is 17.2 Å². The van der Waals surface area contributed by atoms with E-state index in [-0.39, 0.29) is 5.75 Å². The van der Waals surface area contributed by atoms with Crippen LogP contribution >= 0.6 is 0 Å². The third-order valence-electron chi connectivity index (χ3n) is 2.78. The van der Waals surface area contributed by atoms with Gasteiger partial charge in [0.2, 0.25) is 34.8 Å². The van der Waals surface area contributed by atoms with E-state index in [0.29, 0.717) is 6.92 Å². The number of esters is 1. The maximum Gasteiger partial charge on any atom is 0.382 e. The quantitative estimate of drug-likeness (QED) is 0.257. The highest BCUT2D eigenvalue weighted by molar-refractivity contribution is 5.79. The van der Waals surface area contributed by atoms with Gasteiger partial charge in [-0.25, -0.2) is 18.0 Å². The van der Waals surface area contributed by atoms with Crippen molar-refractivity contribution >= 4 is 5.97 Å². The van der Waals surface area contributed by atoms with Crippen LogP contribution in [0.1, 0.15) is 6.92 Å². The van der Waals surface area contributed by atoms with E-state index in [2.05, 4.69) is 9.47 Å². The molecular weight excluding hydrogens is 361 g/mol. The molecule has 0 aliphatic heterocycles. The standard InChI is InChI=1S/C15H7F7O3/c1-15(21,22)14(23)25-7-4-2-6(3-5-7)24-13-11(19)9(17)8(16)10(18)12(13)20/h2-5H,1H3. The molecular formula is C15H7F7O3. The number of halogens is 7. The summed E-state index contributed by atoms with van der Waals surface area (Å²) in [6.45, 7) is 0.315. The first-order valence-electron chi connectivity index (χ1n) is 6.41. The van der Waals surface area contributed by atoms with Crippen LogP contribution in [0.4, 0.5) is 30.7 Å². The fraction of sp³-hybridized carbons (Fsp3) is 0.133. The van der Waals surface area contributed by atoms with Crippen LogP contribution in [0.25, 0.3) is 0 Å². The Morgan fingerprint density at radius 1 is 0.800 bits per heavy atom. The van der Waals surface area contributed by atoms with Crippen LogP contribution in [0.15, 0.2) is 24.3 Å². The molecule has 0 amide bonds.